The van der Waals surface area contributed by atoms with Crippen molar-refractivity contribution in [2.75, 3.05) is 25.0 Å². The maximum absolute atomic E-state index is 11.6. The number of aryl methyl sites for hydroxylation is 1. The summed E-state index contributed by atoms with van der Waals surface area (Å²) in [6.07, 6.45) is 5.63. The Balaban J connectivity index is 1.85. The van der Waals surface area contributed by atoms with Crippen LogP contribution in [0.5, 0.6) is 0 Å². The van der Waals surface area contributed by atoms with Gasteiger partial charge in [-0.25, -0.2) is 4.98 Å². The third-order valence-electron chi connectivity index (χ3n) is 3.02. The van der Waals surface area contributed by atoms with Gasteiger partial charge in [0.05, 0.1) is 0 Å². The summed E-state index contributed by atoms with van der Waals surface area (Å²) in [5.74, 6) is 1.19. The molecule has 1 fully saturated rings. The minimum absolute atomic E-state index is 0.0629. The number of anilines is 1. The van der Waals surface area contributed by atoms with Crippen LogP contribution in [-0.4, -0.2) is 29.2 Å². The highest BCUT2D eigenvalue weighted by molar-refractivity contribution is 5.30. The molecule has 5 heteroatoms. The van der Waals surface area contributed by atoms with E-state index >= 15 is 0 Å². The van der Waals surface area contributed by atoms with Crippen LogP contribution in [0.2, 0.25) is 0 Å². The van der Waals surface area contributed by atoms with Crippen LogP contribution in [0.3, 0.4) is 0 Å². The molecular formula is C11H18N4O. The predicted molar refractivity (Wildman–Crippen MR) is 63.6 cm³/mol. The maximum atomic E-state index is 11.6. The molecule has 2 heterocycles. The molecule has 2 rings (SSSR count). The lowest BCUT2D eigenvalue weighted by Gasteiger charge is -2.09. The van der Waals surface area contributed by atoms with Crippen molar-refractivity contribution in [1.29, 1.82) is 0 Å². The molecule has 0 amide bonds. The van der Waals surface area contributed by atoms with Gasteiger partial charge in [0.15, 0.2) is 5.82 Å². The first-order valence-electron chi connectivity index (χ1n) is 5.73. The number of nitrogens with one attached hydrogen (secondary N) is 2. The quantitative estimate of drug-likeness (QED) is 0.763. The molecule has 0 aliphatic carbocycles. The zero-order chi connectivity index (χ0) is 11.4. The number of hydrogen-bond acceptors (Lipinski definition) is 4. The summed E-state index contributed by atoms with van der Waals surface area (Å²) in [6.45, 7) is 3.04. The summed E-state index contributed by atoms with van der Waals surface area (Å²) in [6, 6.07) is 0. The van der Waals surface area contributed by atoms with E-state index in [4.69, 9.17) is 0 Å². The minimum Gasteiger partial charge on any atom is -0.365 e. The Bertz CT molecular complexity index is 395. The van der Waals surface area contributed by atoms with E-state index in [1.54, 1.807) is 19.4 Å². The molecule has 1 atom stereocenters. The second kappa shape index (κ2) is 5.12. The van der Waals surface area contributed by atoms with Crippen molar-refractivity contribution in [1.82, 2.24) is 14.9 Å². The molecule has 1 aromatic heterocycles. The van der Waals surface area contributed by atoms with Crippen molar-refractivity contribution >= 4 is 5.82 Å². The third-order valence-corrected chi connectivity index (χ3v) is 3.02. The first kappa shape index (κ1) is 11.1. The van der Waals surface area contributed by atoms with E-state index in [0.29, 0.717) is 5.82 Å². The fourth-order valence-electron chi connectivity index (χ4n) is 1.97. The molecule has 16 heavy (non-hydrogen) atoms. The summed E-state index contributed by atoms with van der Waals surface area (Å²) >= 11 is 0. The number of rotatable bonds is 4. The lowest BCUT2D eigenvalue weighted by Crippen LogP contribution is -2.23. The van der Waals surface area contributed by atoms with Gasteiger partial charge < -0.3 is 15.2 Å². The Morgan fingerprint density at radius 3 is 3.31 bits per heavy atom. The Morgan fingerprint density at radius 2 is 2.56 bits per heavy atom. The first-order chi connectivity index (χ1) is 7.77. The van der Waals surface area contributed by atoms with Gasteiger partial charge in [-0.3, -0.25) is 4.79 Å². The molecule has 2 N–H and O–H groups in total. The summed E-state index contributed by atoms with van der Waals surface area (Å²) in [5.41, 5.74) is -0.0629. The number of hydrogen-bond donors (Lipinski definition) is 2. The van der Waals surface area contributed by atoms with E-state index in [0.717, 1.165) is 32.0 Å². The van der Waals surface area contributed by atoms with Crippen molar-refractivity contribution in [2.24, 2.45) is 13.0 Å². The van der Waals surface area contributed by atoms with Crippen LogP contribution in [0.15, 0.2) is 17.2 Å². The van der Waals surface area contributed by atoms with Crippen LogP contribution in [0.25, 0.3) is 0 Å². The van der Waals surface area contributed by atoms with Crippen LogP contribution in [-0.2, 0) is 7.05 Å². The Morgan fingerprint density at radius 1 is 1.69 bits per heavy atom. The molecule has 1 aliphatic heterocycles. The molecule has 88 valence electrons. The molecule has 0 aromatic carbocycles. The van der Waals surface area contributed by atoms with Crippen molar-refractivity contribution in [3.8, 4) is 0 Å². The monoisotopic (exact) mass is 222 g/mol. The van der Waals surface area contributed by atoms with Crippen LogP contribution < -0.4 is 16.2 Å². The summed E-state index contributed by atoms with van der Waals surface area (Å²) in [7, 11) is 1.73. The van der Waals surface area contributed by atoms with Gasteiger partial charge in [-0.15, -0.1) is 0 Å². The van der Waals surface area contributed by atoms with Gasteiger partial charge in [0.1, 0.15) is 0 Å². The fourth-order valence-corrected chi connectivity index (χ4v) is 1.97. The topological polar surface area (TPSA) is 59.0 Å². The molecule has 1 saturated heterocycles. The van der Waals surface area contributed by atoms with Crippen molar-refractivity contribution in [2.45, 2.75) is 12.8 Å². The lowest BCUT2D eigenvalue weighted by molar-refractivity contribution is 0.548. The van der Waals surface area contributed by atoms with Gasteiger partial charge in [-0.1, -0.05) is 0 Å². The highest BCUT2D eigenvalue weighted by Gasteiger charge is 2.13. The van der Waals surface area contributed by atoms with Crippen LogP contribution in [0, 0.1) is 5.92 Å². The van der Waals surface area contributed by atoms with Crippen LogP contribution in [0.1, 0.15) is 12.8 Å². The van der Waals surface area contributed by atoms with Gasteiger partial charge in [0, 0.05) is 26.0 Å². The van der Waals surface area contributed by atoms with Gasteiger partial charge >= 0.3 is 0 Å². The van der Waals surface area contributed by atoms with E-state index in [1.807, 2.05) is 0 Å². The Hall–Kier alpha value is -1.36. The van der Waals surface area contributed by atoms with Crippen molar-refractivity contribution in [3.05, 3.63) is 22.7 Å². The largest absolute Gasteiger partial charge is 0.365 e. The average molecular weight is 222 g/mol. The molecule has 5 nitrogen and oxygen atoms in total. The average Bonchev–Trinajstić information content (AvgIpc) is 2.77. The second-order valence-electron chi connectivity index (χ2n) is 4.27. The molecule has 1 aliphatic rings. The lowest BCUT2D eigenvalue weighted by atomic mass is 10.1. The molecule has 1 unspecified atom stereocenters. The molecule has 0 bridgehead atoms. The van der Waals surface area contributed by atoms with Crippen molar-refractivity contribution < 1.29 is 0 Å². The SMILES string of the molecule is Cn1ccnc(NCCC2CCNC2)c1=O. The van der Waals surface area contributed by atoms with Gasteiger partial charge in [0.2, 0.25) is 0 Å². The third kappa shape index (κ3) is 2.61. The van der Waals surface area contributed by atoms with Gasteiger partial charge in [-0.05, 0) is 31.8 Å². The standard InChI is InChI=1S/C11H18N4O/c1-15-7-6-14-10(11(15)16)13-5-3-9-2-4-12-8-9/h6-7,9,12H,2-5,8H2,1H3,(H,13,14). The minimum atomic E-state index is -0.0629. The summed E-state index contributed by atoms with van der Waals surface area (Å²) in [5, 5.41) is 6.44. The molecular weight excluding hydrogens is 204 g/mol. The number of nitrogens with zero attached hydrogens (tertiary/aromatic N) is 2. The van der Waals surface area contributed by atoms with E-state index in [-0.39, 0.29) is 5.56 Å². The molecule has 0 spiro atoms. The Labute approximate surface area is 94.9 Å². The van der Waals surface area contributed by atoms with E-state index < -0.39 is 0 Å². The van der Waals surface area contributed by atoms with Gasteiger partial charge in [-0.2, -0.15) is 0 Å². The molecule has 1 aromatic rings. The highest BCUT2D eigenvalue weighted by Crippen LogP contribution is 2.11. The van der Waals surface area contributed by atoms with Crippen LogP contribution >= 0.6 is 0 Å². The van der Waals surface area contributed by atoms with E-state index in [1.165, 1.54) is 11.0 Å². The van der Waals surface area contributed by atoms with E-state index in [9.17, 15) is 4.79 Å². The fraction of sp³-hybridized carbons (Fsp3) is 0.636. The maximum Gasteiger partial charge on any atom is 0.293 e. The summed E-state index contributed by atoms with van der Waals surface area (Å²) < 4.78 is 1.53. The van der Waals surface area contributed by atoms with Crippen molar-refractivity contribution in [3.63, 3.8) is 0 Å². The zero-order valence-electron chi connectivity index (χ0n) is 9.57. The smallest absolute Gasteiger partial charge is 0.293 e. The summed E-state index contributed by atoms with van der Waals surface area (Å²) in [4.78, 5) is 15.7. The Kier molecular flexibility index (Phi) is 3.56. The zero-order valence-corrected chi connectivity index (χ0v) is 9.57. The number of aromatic nitrogens is 2. The normalized spacial score (nSPS) is 19.9. The predicted octanol–water partition coefficient (Wildman–Crippen LogP) is 0.192. The second-order valence-corrected chi connectivity index (χ2v) is 4.27. The van der Waals surface area contributed by atoms with Crippen LogP contribution in [0.4, 0.5) is 5.82 Å². The van der Waals surface area contributed by atoms with Gasteiger partial charge in [0.25, 0.3) is 5.56 Å². The molecule has 0 saturated carbocycles. The molecule has 0 radical (unpaired) electrons. The first-order valence-corrected chi connectivity index (χ1v) is 5.73. The highest BCUT2D eigenvalue weighted by atomic mass is 16.1. The van der Waals surface area contributed by atoms with E-state index in [2.05, 4.69) is 15.6 Å².